The molecule has 2 saturated heterocycles. The summed E-state index contributed by atoms with van der Waals surface area (Å²) in [5, 5.41) is 13.7. The van der Waals surface area contributed by atoms with Crippen LogP contribution in [0.1, 0.15) is 48.0 Å². The molecule has 2 aromatic carbocycles. The van der Waals surface area contributed by atoms with Crippen molar-refractivity contribution in [2.24, 2.45) is 11.8 Å². The molecule has 0 bridgehead atoms. The molecule has 0 radical (unpaired) electrons. The highest BCUT2D eigenvalue weighted by molar-refractivity contribution is 6.34. The second-order valence-corrected chi connectivity index (χ2v) is 11.2. The average Bonchev–Trinajstić information content (AvgIpc) is 2.92. The van der Waals surface area contributed by atoms with Gasteiger partial charge in [0.15, 0.2) is 0 Å². The number of hydrogen-bond donors (Lipinski definition) is 2. The van der Waals surface area contributed by atoms with Crippen molar-refractivity contribution < 1.29 is 27.9 Å². The van der Waals surface area contributed by atoms with Gasteiger partial charge in [-0.05, 0) is 74.3 Å². The zero-order valence-electron chi connectivity index (χ0n) is 21.6. The van der Waals surface area contributed by atoms with Gasteiger partial charge in [0.2, 0.25) is 0 Å². The molecule has 1 atom stereocenters. The Morgan fingerprint density at radius 3 is 2.13 bits per heavy atom. The van der Waals surface area contributed by atoms with E-state index in [0.717, 1.165) is 55.1 Å². The van der Waals surface area contributed by atoms with Crippen LogP contribution in [-0.4, -0.2) is 61.2 Å². The number of amides is 2. The van der Waals surface area contributed by atoms with Crippen LogP contribution in [0.4, 0.5) is 18.9 Å². The van der Waals surface area contributed by atoms with Gasteiger partial charge in [-0.2, -0.15) is 13.2 Å². The minimum Gasteiger partial charge on any atom is -0.371 e. The maximum Gasteiger partial charge on any atom is 0.430 e. The molecule has 0 spiro atoms. The van der Waals surface area contributed by atoms with E-state index in [1.54, 1.807) is 13.1 Å². The van der Waals surface area contributed by atoms with Gasteiger partial charge >= 0.3 is 6.18 Å². The number of carbonyl (C=O) groups is 2. The number of hydrogen-bond acceptors (Lipinski definition) is 4. The summed E-state index contributed by atoms with van der Waals surface area (Å²) in [4.78, 5) is 28.3. The zero-order chi connectivity index (χ0) is 28.4. The third kappa shape index (κ3) is 6.31. The molecular weight excluding hydrogens is 554 g/mol. The smallest absolute Gasteiger partial charge is 0.371 e. The third-order valence-corrected chi connectivity index (χ3v) is 8.48. The number of aliphatic hydroxyl groups is 1. The first kappa shape index (κ1) is 29.5. The van der Waals surface area contributed by atoms with E-state index in [2.05, 4.69) is 10.2 Å². The molecule has 0 unspecified atom stereocenters. The van der Waals surface area contributed by atoms with Gasteiger partial charge < -0.3 is 20.2 Å². The second-order valence-electron chi connectivity index (χ2n) is 10.4. The van der Waals surface area contributed by atoms with E-state index in [1.165, 1.54) is 12.1 Å². The van der Waals surface area contributed by atoms with Crippen LogP contribution < -0.4 is 10.2 Å². The normalized spacial score (nSPS) is 19.1. The Bertz CT molecular complexity index is 1200. The molecule has 39 heavy (non-hydrogen) atoms. The largest absolute Gasteiger partial charge is 0.430 e. The van der Waals surface area contributed by atoms with Gasteiger partial charge in [0.25, 0.3) is 17.4 Å². The predicted molar refractivity (Wildman–Crippen MR) is 145 cm³/mol. The van der Waals surface area contributed by atoms with E-state index in [0.29, 0.717) is 35.3 Å². The van der Waals surface area contributed by atoms with Gasteiger partial charge in [0.1, 0.15) is 0 Å². The number of alkyl halides is 3. The summed E-state index contributed by atoms with van der Waals surface area (Å²) in [6.07, 6.45) is -1.12. The van der Waals surface area contributed by atoms with Crippen molar-refractivity contribution in [1.29, 1.82) is 0 Å². The first-order chi connectivity index (χ1) is 18.4. The van der Waals surface area contributed by atoms with Crippen LogP contribution in [0.25, 0.3) is 0 Å². The maximum atomic E-state index is 14.0. The summed E-state index contributed by atoms with van der Waals surface area (Å²) in [7, 11) is 1.56. The molecule has 0 aliphatic carbocycles. The van der Waals surface area contributed by atoms with Crippen molar-refractivity contribution in [3.63, 3.8) is 0 Å². The Hall–Kier alpha value is -2.49. The molecule has 2 fully saturated rings. The van der Waals surface area contributed by atoms with Gasteiger partial charge in [-0.15, -0.1) is 0 Å². The highest BCUT2D eigenvalue weighted by Crippen LogP contribution is 2.42. The highest BCUT2D eigenvalue weighted by Gasteiger charge is 2.62. The van der Waals surface area contributed by atoms with Crippen LogP contribution in [0.2, 0.25) is 10.0 Å². The first-order valence-corrected chi connectivity index (χ1v) is 13.8. The maximum absolute atomic E-state index is 14.0. The summed E-state index contributed by atoms with van der Waals surface area (Å²) in [5.41, 5.74) is -2.82. The average molecular weight is 586 g/mol. The molecular formula is C28H32Cl2F3N3O3. The number of benzene rings is 2. The van der Waals surface area contributed by atoms with E-state index in [4.69, 9.17) is 23.2 Å². The van der Waals surface area contributed by atoms with Gasteiger partial charge in [0, 0.05) is 49.5 Å². The minimum absolute atomic E-state index is 0.0109. The standard InChI is InChI=1S/C28H32Cl2F3N3O3/c1-34-25(37)23-6-5-22(17-24(23)30)35-11-7-18(8-12-35)15-19-9-13-36(14-10-19)26(38)27(39,28(31,32)33)20-3-2-4-21(29)16-20/h2-6,16-19,39H,7-15H2,1H3,(H,34,37)/t27-/m1/s1. The summed E-state index contributed by atoms with van der Waals surface area (Å²) in [6.45, 7) is 2.01. The predicted octanol–water partition coefficient (Wildman–Crippen LogP) is 5.65. The Balaban J connectivity index is 1.31. The molecule has 0 aromatic heterocycles. The molecule has 212 valence electrons. The number of nitrogens with one attached hydrogen (secondary N) is 1. The number of likely N-dealkylation sites (tertiary alicyclic amines) is 1. The van der Waals surface area contributed by atoms with Crippen LogP contribution in [0.5, 0.6) is 0 Å². The van der Waals surface area contributed by atoms with Gasteiger partial charge in [-0.25, -0.2) is 0 Å². The van der Waals surface area contributed by atoms with Crippen LogP contribution >= 0.6 is 23.2 Å². The molecule has 2 aromatic rings. The van der Waals surface area contributed by atoms with Crippen molar-refractivity contribution in [2.45, 2.75) is 43.9 Å². The Kier molecular flexibility index (Phi) is 9.03. The molecule has 4 rings (SSSR count). The monoisotopic (exact) mass is 585 g/mol. The molecule has 0 saturated carbocycles. The van der Waals surface area contributed by atoms with Gasteiger partial charge in [-0.1, -0.05) is 35.3 Å². The Morgan fingerprint density at radius 2 is 1.59 bits per heavy atom. The van der Waals surface area contributed by atoms with Crippen LogP contribution in [0.15, 0.2) is 42.5 Å². The van der Waals surface area contributed by atoms with Crippen LogP contribution in [0, 0.1) is 11.8 Å². The Morgan fingerprint density at radius 1 is 0.974 bits per heavy atom. The number of halogens is 5. The SMILES string of the molecule is CNC(=O)c1ccc(N2CCC(CC3CCN(C(=O)[C@](O)(c4cccc(Cl)c4)C(F)(F)F)CC3)CC2)cc1Cl. The van der Waals surface area contributed by atoms with E-state index >= 15 is 0 Å². The summed E-state index contributed by atoms with van der Waals surface area (Å²) >= 11 is 12.2. The second kappa shape index (κ2) is 11.9. The first-order valence-electron chi connectivity index (χ1n) is 13.0. The van der Waals surface area contributed by atoms with Crippen molar-refractivity contribution in [3.05, 3.63) is 63.6 Å². The van der Waals surface area contributed by atoms with E-state index in [-0.39, 0.29) is 24.0 Å². The van der Waals surface area contributed by atoms with Crippen LogP contribution in [0.3, 0.4) is 0 Å². The lowest BCUT2D eigenvalue weighted by atomic mass is 9.82. The summed E-state index contributed by atoms with van der Waals surface area (Å²) in [6, 6.07) is 10.2. The van der Waals surface area contributed by atoms with E-state index in [9.17, 15) is 27.9 Å². The topological polar surface area (TPSA) is 72.9 Å². The van der Waals surface area contributed by atoms with Gasteiger partial charge in [0.05, 0.1) is 10.6 Å². The molecule has 2 aliphatic rings. The molecule has 6 nitrogen and oxygen atoms in total. The van der Waals surface area contributed by atoms with E-state index in [1.807, 2.05) is 12.1 Å². The van der Waals surface area contributed by atoms with Gasteiger partial charge in [-0.3, -0.25) is 9.59 Å². The lowest BCUT2D eigenvalue weighted by Gasteiger charge is -2.40. The molecule has 2 aliphatic heterocycles. The van der Waals surface area contributed by atoms with Crippen molar-refractivity contribution in [3.8, 4) is 0 Å². The summed E-state index contributed by atoms with van der Waals surface area (Å²) < 4.78 is 42.0. The number of anilines is 1. The lowest BCUT2D eigenvalue weighted by molar-refractivity contribution is -0.262. The fourth-order valence-corrected chi connectivity index (χ4v) is 6.09. The summed E-state index contributed by atoms with van der Waals surface area (Å²) in [5.74, 6) is -0.805. The molecule has 2 N–H and O–H groups in total. The van der Waals surface area contributed by atoms with Crippen molar-refractivity contribution >= 4 is 40.7 Å². The third-order valence-electron chi connectivity index (χ3n) is 7.93. The number of nitrogens with zero attached hydrogens (tertiary/aromatic N) is 2. The fraction of sp³-hybridized carbons (Fsp3) is 0.500. The van der Waals surface area contributed by atoms with E-state index < -0.39 is 23.2 Å². The molecule has 2 amide bonds. The number of carbonyl (C=O) groups excluding carboxylic acids is 2. The zero-order valence-corrected chi connectivity index (χ0v) is 23.1. The van der Waals surface area contributed by atoms with Crippen molar-refractivity contribution in [1.82, 2.24) is 10.2 Å². The highest BCUT2D eigenvalue weighted by atomic mass is 35.5. The molecule has 2 heterocycles. The quantitative estimate of drug-likeness (QED) is 0.459. The molecule has 11 heteroatoms. The number of piperidine rings is 2. The fourth-order valence-electron chi connectivity index (χ4n) is 5.64. The van der Waals surface area contributed by atoms with Crippen LogP contribution in [-0.2, 0) is 10.4 Å². The van der Waals surface area contributed by atoms with Crippen molar-refractivity contribution in [2.75, 3.05) is 38.1 Å². The minimum atomic E-state index is -5.19. The lowest BCUT2D eigenvalue weighted by Crippen LogP contribution is -2.57. The number of rotatable bonds is 6. The Labute approximate surface area is 236 Å².